The summed E-state index contributed by atoms with van der Waals surface area (Å²) in [5.74, 6) is 0.370. The third-order valence-corrected chi connectivity index (χ3v) is 6.42. The maximum absolute atomic E-state index is 13.3. The van der Waals surface area contributed by atoms with Crippen LogP contribution in [0, 0.1) is 6.92 Å². The normalized spacial score (nSPS) is 11.7. The number of hydrogen-bond acceptors (Lipinski definition) is 5. The van der Waals surface area contributed by atoms with Crippen LogP contribution in [0.4, 0.5) is 0 Å². The number of halogens is 1. The molecule has 0 unspecified atom stereocenters. The molecule has 0 N–H and O–H groups in total. The quantitative estimate of drug-likeness (QED) is 0.498. The summed E-state index contributed by atoms with van der Waals surface area (Å²) in [5.41, 5.74) is 2.42. The van der Waals surface area contributed by atoms with Gasteiger partial charge in [0.1, 0.15) is 0 Å². The van der Waals surface area contributed by atoms with Crippen LogP contribution in [0.2, 0.25) is 5.02 Å². The first-order valence-electron chi connectivity index (χ1n) is 8.40. The van der Waals surface area contributed by atoms with Crippen LogP contribution >= 0.6 is 11.6 Å². The number of nitrogens with zero attached hydrogens (tertiary/aromatic N) is 3. The van der Waals surface area contributed by atoms with Crippen molar-refractivity contribution in [2.75, 3.05) is 7.11 Å². The first kappa shape index (κ1) is 18.5. The van der Waals surface area contributed by atoms with Gasteiger partial charge in [0.25, 0.3) is 10.0 Å². The van der Waals surface area contributed by atoms with E-state index in [-0.39, 0.29) is 10.5 Å². The Bertz CT molecular complexity index is 1280. The first-order chi connectivity index (χ1) is 13.4. The van der Waals surface area contributed by atoms with E-state index in [0.717, 1.165) is 9.54 Å². The van der Waals surface area contributed by atoms with E-state index in [1.54, 1.807) is 48.7 Å². The first-order valence-corrected chi connectivity index (χ1v) is 10.2. The van der Waals surface area contributed by atoms with Crippen molar-refractivity contribution in [2.24, 2.45) is 0 Å². The molecule has 0 saturated heterocycles. The number of benzene rings is 1. The van der Waals surface area contributed by atoms with Crippen LogP contribution in [0.25, 0.3) is 22.2 Å². The van der Waals surface area contributed by atoms with E-state index in [2.05, 4.69) is 9.97 Å². The molecule has 3 heterocycles. The fourth-order valence-electron chi connectivity index (χ4n) is 3.06. The molecule has 4 rings (SSSR count). The Morgan fingerprint density at radius 3 is 2.46 bits per heavy atom. The Labute approximate surface area is 167 Å². The number of methoxy groups -OCH3 is 1. The maximum Gasteiger partial charge on any atom is 0.269 e. The predicted molar refractivity (Wildman–Crippen MR) is 108 cm³/mol. The molecule has 3 aromatic heterocycles. The van der Waals surface area contributed by atoms with Gasteiger partial charge in [0.15, 0.2) is 5.65 Å². The Kier molecular flexibility index (Phi) is 4.56. The fraction of sp³-hybridized carbons (Fsp3) is 0.100. The number of rotatable bonds is 4. The maximum atomic E-state index is 13.3. The molecule has 0 aliphatic carbocycles. The number of fused-ring (bicyclic) bond motifs is 1. The van der Waals surface area contributed by atoms with Crippen molar-refractivity contribution < 1.29 is 13.2 Å². The zero-order chi connectivity index (χ0) is 19.9. The molecule has 4 aromatic rings. The monoisotopic (exact) mass is 413 g/mol. The van der Waals surface area contributed by atoms with Crippen LogP contribution in [0.5, 0.6) is 5.88 Å². The van der Waals surface area contributed by atoms with Crippen molar-refractivity contribution in [2.45, 2.75) is 11.8 Å². The Hall–Kier alpha value is -2.90. The highest BCUT2D eigenvalue weighted by molar-refractivity contribution is 7.90. The third-order valence-electron chi connectivity index (χ3n) is 4.44. The molecular formula is C20H16ClN3O3S. The summed E-state index contributed by atoms with van der Waals surface area (Å²) in [6.45, 7) is 1.90. The molecule has 0 amide bonds. The van der Waals surface area contributed by atoms with Crippen LogP contribution < -0.4 is 4.74 Å². The minimum atomic E-state index is -3.87. The van der Waals surface area contributed by atoms with Gasteiger partial charge >= 0.3 is 0 Å². The van der Waals surface area contributed by atoms with Crippen molar-refractivity contribution in [3.8, 4) is 17.0 Å². The molecule has 0 atom stereocenters. The highest BCUT2D eigenvalue weighted by Gasteiger charge is 2.25. The summed E-state index contributed by atoms with van der Waals surface area (Å²) < 4.78 is 33.1. The van der Waals surface area contributed by atoms with Crippen molar-refractivity contribution >= 4 is 32.7 Å². The molecule has 0 fully saturated rings. The predicted octanol–water partition coefficient (Wildman–Crippen LogP) is 4.31. The van der Waals surface area contributed by atoms with Crippen molar-refractivity contribution in [3.63, 3.8) is 0 Å². The zero-order valence-corrected chi connectivity index (χ0v) is 16.7. The largest absolute Gasteiger partial charge is 0.481 e. The number of pyridine rings is 2. The second-order valence-corrected chi connectivity index (χ2v) is 8.43. The van der Waals surface area contributed by atoms with Crippen molar-refractivity contribution in [3.05, 3.63) is 71.6 Å². The van der Waals surface area contributed by atoms with Gasteiger partial charge in [-0.3, -0.25) is 0 Å². The molecule has 142 valence electrons. The fourth-order valence-corrected chi connectivity index (χ4v) is 4.62. The van der Waals surface area contributed by atoms with Crippen molar-refractivity contribution in [1.29, 1.82) is 0 Å². The van der Waals surface area contributed by atoms with Crippen LogP contribution in [0.1, 0.15) is 5.56 Å². The summed E-state index contributed by atoms with van der Waals surface area (Å²) >= 11 is 6.43. The molecule has 0 aliphatic rings. The summed E-state index contributed by atoms with van der Waals surface area (Å²) in [6.07, 6.45) is 4.60. The van der Waals surface area contributed by atoms with E-state index in [1.807, 2.05) is 6.92 Å². The highest BCUT2D eigenvalue weighted by atomic mass is 35.5. The van der Waals surface area contributed by atoms with Gasteiger partial charge in [0.2, 0.25) is 5.88 Å². The lowest BCUT2D eigenvalue weighted by atomic mass is 10.1. The molecule has 6 nitrogen and oxygen atoms in total. The molecule has 28 heavy (non-hydrogen) atoms. The average molecular weight is 414 g/mol. The second kappa shape index (κ2) is 6.92. The van der Waals surface area contributed by atoms with Crippen LogP contribution in [0.3, 0.4) is 0 Å². The molecule has 0 aliphatic heterocycles. The highest BCUT2D eigenvalue weighted by Crippen LogP contribution is 2.39. The number of hydrogen-bond donors (Lipinski definition) is 0. The van der Waals surface area contributed by atoms with E-state index >= 15 is 0 Å². The van der Waals surface area contributed by atoms with E-state index in [0.29, 0.717) is 27.4 Å². The Balaban J connectivity index is 2.04. The third kappa shape index (κ3) is 2.93. The topological polar surface area (TPSA) is 74.1 Å². The van der Waals surface area contributed by atoms with Crippen LogP contribution in [-0.2, 0) is 10.0 Å². The minimum Gasteiger partial charge on any atom is -0.481 e. The molecule has 0 radical (unpaired) electrons. The van der Waals surface area contributed by atoms with Gasteiger partial charge in [0, 0.05) is 35.1 Å². The molecule has 0 spiro atoms. The Morgan fingerprint density at radius 1 is 1.00 bits per heavy atom. The molecular weight excluding hydrogens is 398 g/mol. The van der Waals surface area contributed by atoms with Gasteiger partial charge in [-0.15, -0.1) is 0 Å². The van der Waals surface area contributed by atoms with Crippen LogP contribution in [-0.4, -0.2) is 29.5 Å². The number of aromatic nitrogens is 3. The lowest BCUT2D eigenvalue weighted by Gasteiger charge is -2.07. The minimum absolute atomic E-state index is 0.168. The van der Waals surface area contributed by atoms with Crippen molar-refractivity contribution in [1.82, 2.24) is 13.9 Å². The number of aryl methyl sites for hydroxylation is 1. The standard InChI is InChI=1S/C20H16ClN3O3S/c1-13-5-7-14(8-6-13)28(25,26)24-12-16(15-4-3-10-23-20(15)27-2)18-17(21)9-11-22-19(18)24/h3-12H,1-2H3. The smallest absolute Gasteiger partial charge is 0.269 e. The van der Waals surface area contributed by atoms with E-state index in [9.17, 15) is 8.42 Å². The number of ether oxygens (including phenoxy) is 1. The lowest BCUT2D eigenvalue weighted by Crippen LogP contribution is -2.12. The van der Waals surface area contributed by atoms with E-state index in [4.69, 9.17) is 16.3 Å². The van der Waals surface area contributed by atoms with Gasteiger partial charge in [-0.05, 0) is 37.3 Å². The summed E-state index contributed by atoms with van der Waals surface area (Å²) in [7, 11) is -2.36. The summed E-state index contributed by atoms with van der Waals surface area (Å²) in [5, 5.41) is 0.912. The van der Waals surface area contributed by atoms with Crippen LogP contribution in [0.15, 0.2) is 66.0 Å². The zero-order valence-electron chi connectivity index (χ0n) is 15.1. The van der Waals surface area contributed by atoms with E-state index in [1.165, 1.54) is 19.5 Å². The molecule has 8 heteroatoms. The van der Waals surface area contributed by atoms with Gasteiger partial charge in [0.05, 0.1) is 17.0 Å². The van der Waals surface area contributed by atoms with E-state index < -0.39 is 10.0 Å². The van der Waals surface area contributed by atoms with Gasteiger partial charge < -0.3 is 4.74 Å². The Morgan fingerprint density at radius 2 is 1.75 bits per heavy atom. The lowest BCUT2D eigenvalue weighted by molar-refractivity contribution is 0.400. The van der Waals surface area contributed by atoms with Gasteiger partial charge in [-0.25, -0.2) is 22.4 Å². The van der Waals surface area contributed by atoms with Gasteiger partial charge in [-0.2, -0.15) is 0 Å². The SMILES string of the molecule is COc1ncccc1-c1cn(S(=O)(=O)c2ccc(C)cc2)c2nccc(Cl)c12. The molecule has 1 aromatic carbocycles. The second-order valence-electron chi connectivity index (χ2n) is 6.21. The molecule has 0 bridgehead atoms. The molecule has 0 saturated carbocycles. The summed E-state index contributed by atoms with van der Waals surface area (Å²) in [4.78, 5) is 8.66. The van der Waals surface area contributed by atoms with Gasteiger partial charge in [-0.1, -0.05) is 29.3 Å². The summed E-state index contributed by atoms with van der Waals surface area (Å²) in [6, 6.07) is 11.8. The average Bonchev–Trinajstić information content (AvgIpc) is 3.10.